The molecule has 0 aliphatic heterocycles. The van der Waals surface area contributed by atoms with Gasteiger partial charge in [0, 0.05) is 6.42 Å². The molecule has 1 aromatic carbocycles. The molecule has 0 atom stereocenters. The zero-order valence-corrected chi connectivity index (χ0v) is 14.3. The van der Waals surface area contributed by atoms with E-state index in [1.165, 1.54) is 5.56 Å². The average molecular weight is 340 g/mol. The number of carbonyl (C=O) groups is 1. The van der Waals surface area contributed by atoms with E-state index >= 15 is 0 Å². The van der Waals surface area contributed by atoms with Crippen molar-refractivity contribution in [3.63, 3.8) is 0 Å². The van der Waals surface area contributed by atoms with E-state index in [0.717, 1.165) is 30.6 Å². The second kappa shape index (κ2) is 8.55. The fraction of sp³-hybridized carbons (Fsp3) is 0.316. The lowest BCUT2D eigenvalue weighted by Crippen LogP contribution is -2.03. The first-order valence-corrected chi connectivity index (χ1v) is 9.11. The average Bonchev–Trinajstić information content (AvgIpc) is 3.27. The van der Waals surface area contributed by atoms with Gasteiger partial charge in [-0.2, -0.15) is 4.98 Å². The van der Waals surface area contributed by atoms with Crippen LogP contribution in [0.2, 0.25) is 0 Å². The lowest BCUT2D eigenvalue weighted by molar-refractivity contribution is -0.118. The number of nitrogens with zero attached hydrogens (tertiary/aromatic N) is 2. The molecule has 0 saturated heterocycles. The minimum absolute atomic E-state index is 0.163. The zero-order chi connectivity index (χ0) is 16.6. The van der Waals surface area contributed by atoms with Gasteiger partial charge >= 0.3 is 0 Å². The van der Waals surface area contributed by atoms with Gasteiger partial charge < -0.3 is 4.52 Å². The molecule has 0 amide bonds. The molecule has 3 aromatic rings. The highest BCUT2D eigenvalue weighted by Gasteiger charge is 2.12. The summed E-state index contributed by atoms with van der Waals surface area (Å²) in [6.45, 7) is 0. The minimum Gasteiger partial charge on any atom is -0.338 e. The Hall–Kier alpha value is -2.27. The molecule has 0 aliphatic carbocycles. The quantitative estimate of drug-likeness (QED) is 0.529. The zero-order valence-electron chi connectivity index (χ0n) is 13.5. The van der Waals surface area contributed by atoms with Gasteiger partial charge in [0.2, 0.25) is 11.7 Å². The number of aromatic nitrogens is 2. The minimum atomic E-state index is 0.163. The van der Waals surface area contributed by atoms with Gasteiger partial charge in [-0.25, -0.2) is 0 Å². The number of rotatable bonds is 9. The van der Waals surface area contributed by atoms with Gasteiger partial charge in [0.25, 0.3) is 0 Å². The van der Waals surface area contributed by atoms with E-state index in [-0.39, 0.29) is 12.2 Å². The third-order valence-corrected chi connectivity index (χ3v) is 4.69. The Labute approximate surface area is 145 Å². The van der Waals surface area contributed by atoms with Crippen LogP contribution in [0.3, 0.4) is 0 Å². The van der Waals surface area contributed by atoms with E-state index in [1.54, 1.807) is 11.3 Å². The van der Waals surface area contributed by atoms with Crippen LogP contribution in [-0.2, 0) is 17.6 Å². The van der Waals surface area contributed by atoms with Crippen molar-refractivity contribution in [2.75, 3.05) is 0 Å². The highest BCUT2D eigenvalue weighted by Crippen LogP contribution is 2.21. The third-order valence-electron chi connectivity index (χ3n) is 3.82. The van der Waals surface area contributed by atoms with Crippen molar-refractivity contribution in [1.82, 2.24) is 10.1 Å². The van der Waals surface area contributed by atoms with Crippen LogP contribution in [0.4, 0.5) is 0 Å². The maximum Gasteiger partial charge on any atom is 0.234 e. The number of carbonyl (C=O) groups excluding carboxylic acids is 1. The Bertz CT molecular complexity index is 751. The Kier molecular flexibility index (Phi) is 5.90. The summed E-state index contributed by atoms with van der Waals surface area (Å²) < 4.78 is 5.17. The molecule has 2 heterocycles. The van der Waals surface area contributed by atoms with Crippen LogP contribution >= 0.6 is 11.3 Å². The van der Waals surface area contributed by atoms with Crippen molar-refractivity contribution in [3.8, 4) is 10.7 Å². The maximum atomic E-state index is 12.0. The highest BCUT2D eigenvalue weighted by atomic mass is 32.1. The van der Waals surface area contributed by atoms with Crippen LogP contribution in [0, 0.1) is 0 Å². The van der Waals surface area contributed by atoms with Gasteiger partial charge in [-0.15, -0.1) is 11.3 Å². The van der Waals surface area contributed by atoms with Crippen LogP contribution in [-0.4, -0.2) is 15.9 Å². The predicted molar refractivity (Wildman–Crippen MR) is 94.9 cm³/mol. The van der Waals surface area contributed by atoms with E-state index < -0.39 is 0 Å². The maximum absolute atomic E-state index is 12.0. The molecular weight excluding hydrogens is 320 g/mol. The normalized spacial score (nSPS) is 10.8. The van der Waals surface area contributed by atoms with Gasteiger partial charge in [0.15, 0.2) is 0 Å². The molecule has 5 heteroatoms. The van der Waals surface area contributed by atoms with Crippen molar-refractivity contribution < 1.29 is 9.32 Å². The predicted octanol–water partition coefficient (Wildman–Crippen LogP) is 4.71. The Morgan fingerprint density at radius 3 is 2.71 bits per heavy atom. The number of unbranched alkanes of at least 4 members (excludes halogenated alkanes) is 2. The lowest BCUT2D eigenvalue weighted by atomic mass is 10.0. The molecule has 124 valence electrons. The van der Waals surface area contributed by atoms with E-state index in [4.69, 9.17) is 4.52 Å². The molecule has 0 saturated carbocycles. The van der Waals surface area contributed by atoms with Crippen LogP contribution in [0.25, 0.3) is 10.7 Å². The van der Waals surface area contributed by atoms with Crippen molar-refractivity contribution in [3.05, 3.63) is 59.3 Å². The Balaban J connectivity index is 1.35. The van der Waals surface area contributed by atoms with Crippen LogP contribution in [0.5, 0.6) is 0 Å². The molecule has 2 aromatic heterocycles. The molecule has 0 fully saturated rings. The first-order chi connectivity index (χ1) is 11.8. The van der Waals surface area contributed by atoms with Gasteiger partial charge in [-0.3, -0.25) is 4.79 Å². The Morgan fingerprint density at radius 1 is 1.04 bits per heavy atom. The number of hydrogen-bond donors (Lipinski definition) is 0. The highest BCUT2D eigenvalue weighted by molar-refractivity contribution is 7.13. The molecule has 0 N–H and O–H groups in total. The number of benzene rings is 1. The molecule has 0 bridgehead atoms. The number of hydrogen-bond acceptors (Lipinski definition) is 5. The summed E-state index contributed by atoms with van der Waals surface area (Å²) in [5.74, 6) is 1.14. The summed E-state index contributed by atoms with van der Waals surface area (Å²) in [5.41, 5.74) is 1.36. The third kappa shape index (κ3) is 4.86. The van der Waals surface area contributed by atoms with Crippen LogP contribution < -0.4 is 0 Å². The second-order valence-electron chi connectivity index (χ2n) is 5.75. The van der Waals surface area contributed by atoms with Gasteiger partial charge in [0.05, 0.1) is 11.3 Å². The summed E-state index contributed by atoms with van der Waals surface area (Å²) in [6.07, 6.45) is 4.97. The molecule has 0 spiro atoms. The summed E-state index contributed by atoms with van der Waals surface area (Å²) in [7, 11) is 0. The van der Waals surface area contributed by atoms with Gasteiger partial charge in [-0.05, 0) is 36.3 Å². The molecule has 3 rings (SSSR count). The number of aryl methyl sites for hydroxylation is 1. The fourth-order valence-corrected chi connectivity index (χ4v) is 3.21. The fourth-order valence-electron chi connectivity index (χ4n) is 2.56. The summed E-state index contributed by atoms with van der Waals surface area (Å²) in [4.78, 5) is 17.3. The van der Waals surface area contributed by atoms with Gasteiger partial charge in [0.1, 0.15) is 5.78 Å². The largest absolute Gasteiger partial charge is 0.338 e. The lowest BCUT2D eigenvalue weighted by Gasteiger charge is -2.01. The van der Waals surface area contributed by atoms with Crippen LogP contribution in [0.1, 0.15) is 37.1 Å². The molecule has 0 aliphatic rings. The number of ketones is 1. The van der Waals surface area contributed by atoms with Crippen molar-refractivity contribution in [2.45, 2.75) is 38.5 Å². The first kappa shape index (κ1) is 16.6. The molecule has 0 radical (unpaired) electrons. The number of Topliss-reactive ketones (excluding diaryl/α,β-unsaturated/α-hetero) is 1. The standard InChI is InChI=1S/C19H20N2O2S/c22-16(11-6-2-5-10-15-8-3-1-4-9-15)14-18-20-19(21-23-18)17-12-7-13-24-17/h1,3-4,7-9,12-13H,2,5-6,10-11,14H2. The SMILES string of the molecule is O=C(CCCCCc1ccccc1)Cc1nc(-c2cccs2)no1. The topological polar surface area (TPSA) is 56.0 Å². The van der Waals surface area contributed by atoms with Gasteiger partial charge in [-0.1, -0.05) is 48.0 Å². The van der Waals surface area contributed by atoms with E-state index in [2.05, 4.69) is 34.4 Å². The first-order valence-electron chi connectivity index (χ1n) is 8.23. The number of thiophene rings is 1. The van der Waals surface area contributed by atoms with E-state index in [1.807, 2.05) is 23.6 Å². The Morgan fingerprint density at radius 2 is 1.92 bits per heavy atom. The monoisotopic (exact) mass is 340 g/mol. The van der Waals surface area contributed by atoms with E-state index in [9.17, 15) is 4.79 Å². The molecular formula is C19H20N2O2S. The molecule has 0 unspecified atom stereocenters. The molecule has 4 nitrogen and oxygen atoms in total. The smallest absolute Gasteiger partial charge is 0.234 e. The van der Waals surface area contributed by atoms with Crippen molar-refractivity contribution >= 4 is 17.1 Å². The second-order valence-corrected chi connectivity index (χ2v) is 6.70. The molecule has 24 heavy (non-hydrogen) atoms. The van der Waals surface area contributed by atoms with Crippen LogP contribution in [0.15, 0.2) is 52.4 Å². The summed E-state index contributed by atoms with van der Waals surface area (Å²) >= 11 is 1.56. The van der Waals surface area contributed by atoms with E-state index in [0.29, 0.717) is 18.1 Å². The summed E-state index contributed by atoms with van der Waals surface area (Å²) in [5, 5.41) is 5.89. The summed E-state index contributed by atoms with van der Waals surface area (Å²) in [6, 6.07) is 14.3. The van der Waals surface area contributed by atoms with Crippen molar-refractivity contribution in [1.29, 1.82) is 0 Å². The van der Waals surface area contributed by atoms with Crippen molar-refractivity contribution in [2.24, 2.45) is 0 Å².